The van der Waals surface area contributed by atoms with Gasteiger partial charge in [-0.2, -0.15) is 0 Å². The molecule has 52 heavy (non-hydrogen) atoms. The third-order valence-electron chi connectivity index (χ3n) is 11.5. The van der Waals surface area contributed by atoms with E-state index in [4.69, 9.17) is 0 Å². The smallest absolute Gasteiger partial charge is 0.0676 e. The van der Waals surface area contributed by atoms with E-state index in [9.17, 15) is 0 Å². The van der Waals surface area contributed by atoms with Crippen molar-refractivity contribution in [3.8, 4) is 22.3 Å². The largest absolute Gasteiger partial charge is 0.310 e. The van der Waals surface area contributed by atoms with Crippen LogP contribution >= 0.6 is 0 Å². The second-order valence-corrected chi connectivity index (χ2v) is 14.2. The zero-order valence-electron chi connectivity index (χ0n) is 29.2. The molecule has 7 aromatic carbocycles. The Morgan fingerprint density at radius 1 is 0.481 bits per heavy atom. The van der Waals surface area contributed by atoms with Crippen LogP contribution in [-0.2, 0) is 11.8 Å². The van der Waals surface area contributed by atoms with Gasteiger partial charge in [-0.3, -0.25) is 0 Å². The van der Waals surface area contributed by atoms with Crippen LogP contribution in [0.15, 0.2) is 176 Å². The number of hydrogen-bond donors (Lipinski definition) is 0. The molecule has 0 aliphatic heterocycles. The Morgan fingerprint density at radius 3 is 1.94 bits per heavy atom. The lowest BCUT2D eigenvalue weighted by atomic mass is 9.58. The van der Waals surface area contributed by atoms with E-state index in [0.29, 0.717) is 0 Å². The molecule has 1 atom stereocenters. The van der Waals surface area contributed by atoms with Crippen LogP contribution in [-0.4, -0.2) is 0 Å². The summed E-state index contributed by atoms with van der Waals surface area (Å²) in [7, 11) is 0. The second kappa shape index (κ2) is 12.5. The van der Waals surface area contributed by atoms with E-state index >= 15 is 0 Å². The Balaban J connectivity index is 1.19. The quantitative estimate of drug-likeness (QED) is 0.171. The van der Waals surface area contributed by atoms with Crippen LogP contribution in [0.3, 0.4) is 0 Å². The summed E-state index contributed by atoms with van der Waals surface area (Å²) in [6, 6.07) is 63.3. The summed E-state index contributed by atoms with van der Waals surface area (Å²) >= 11 is 0. The van der Waals surface area contributed by atoms with Crippen molar-refractivity contribution in [2.75, 3.05) is 4.90 Å². The van der Waals surface area contributed by atoms with Crippen LogP contribution in [0.25, 0.3) is 40.0 Å². The van der Waals surface area contributed by atoms with Gasteiger partial charge in [-0.15, -0.1) is 0 Å². The van der Waals surface area contributed by atoms with E-state index in [1.807, 2.05) is 0 Å². The van der Waals surface area contributed by atoms with Crippen LogP contribution in [0, 0.1) is 0 Å². The van der Waals surface area contributed by atoms with E-state index in [-0.39, 0.29) is 0 Å². The van der Waals surface area contributed by atoms with Gasteiger partial charge in [-0.1, -0.05) is 158 Å². The Labute approximate surface area is 306 Å². The van der Waals surface area contributed by atoms with Gasteiger partial charge in [0.05, 0.1) is 5.41 Å². The van der Waals surface area contributed by atoms with Crippen molar-refractivity contribution >= 4 is 34.8 Å². The molecule has 0 bridgehead atoms. The minimum Gasteiger partial charge on any atom is -0.310 e. The number of rotatable bonds is 6. The maximum Gasteiger partial charge on any atom is 0.0676 e. The molecule has 1 nitrogen and oxygen atoms in total. The van der Waals surface area contributed by atoms with E-state index in [1.165, 1.54) is 71.8 Å². The number of anilines is 3. The lowest BCUT2D eigenvalue weighted by molar-refractivity contribution is 0.750. The van der Waals surface area contributed by atoms with Gasteiger partial charge in [0.15, 0.2) is 0 Å². The molecule has 0 N–H and O–H groups in total. The molecule has 1 unspecified atom stereocenters. The van der Waals surface area contributed by atoms with Crippen molar-refractivity contribution in [1.29, 1.82) is 0 Å². The molecule has 0 heterocycles. The average molecular weight is 666 g/mol. The zero-order valence-corrected chi connectivity index (χ0v) is 29.2. The summed E-state index contributed by atoms with van der Waals surface area (Å²) in [5.41, 5.74) is 16.5. The van der Waals surface area contributed by atoms with E-state index in [2.05, 4.69) is 193 Å². The molecule has 248 valence electrons. The van der Waals surface area contributed by atoms with Crippen LogP contribution in [0.4, 0.5) is 17.1 Å². The van der Waals surface area contributed by atoms with Crippen molar-refractivity contribution in [2.45, 2.75) is 31.1 Å². The highest BCUT2D eigenvalue weighted by molar-refractivity contribution is 5.89. The normalized spacial score (nSPS) is 16.7. The van der Waals surface area contributed by atoms with Crippen molar-refractivity contribution in [3.05, 3.63) is 214 Å². The summed E-state index contributed by atoms with van der Waals surface area (Å²) in [4.78, 5) is 2.47. The first-order chi connectivity index (χ1) is 25.8. The van der Waals surface area contributed by atoms with E-state index in [0.717, 1.165) is 37.1 Å². The van der Waals surface area contributed by atoms with Crippen molar-refractivity contribution in [3.63, 3.8) is 0 Å². The number of allylic oxidation sites excluding steroid dienone is 1. The van der Waals surface area contributed by atoms with Crippen molar-refractivity contribution in [1.82, 2.24) is 0 Å². The molecule has 3 aliphatic carbocycles. The summed E-state index contributed by atoms with van der Waals surface area (Å²) in [6.07, 6.45) is 11.2. The predicted molar refractivity (Wildman–Crippen MR) is 218 cm³/mol. The van der Waals surface area contributed by atoms with Crippen molar-refractivity contribution < 1.29 is 0 Å². The predicted octanol–water partition coefficient (Wildman–Crippen LogP) is 11.5. The molecular weight excluding hydrogens is 627 g/mol. The van der Waals surface area contributed by atoms with Gasteiger partial charge < -0.3 is 4.90 Å². The van der Waals surface area contributed by atoms with E-state index < -0.39 is 5.41 Å². The van der Waals surface area contributed by atoms with Crippen LogP contribution < -0.4 is 15.3 Å². The maximum absolute atomic E-state index is 2.47. The van der Waals surface area contributed by atoms with Crippen LogP contribution in [0.1, 0.15) is 47.1 Å². The zero-order chi connectivity index (χ0) is 34.5. The van der Waals surface area contributed by atoms with Gasteiger partial charge in [-0.25, -0.2) is 0 Å². The number of hydrogen-bond acceptors (Lipinski definition) is 1. The van der Waals surface area contributed by atoms with Crippen LogP contribution in [0.2, 0.25) is 0 Å². The fraction of sp³-hybridized carbons (Fsp3) is 0.0980. The topological polar surface area (TPSA) is 3.24 Å². The molecule has 7 aromatic rings. The lowest BCUT2D eigenvalue weighted by Gasteiger charge is -2.43. The summed E-state index contributed by atoms with van der Waals surface area (Å²) in [5.74, 6) is 0. The summed E-state index contributed by atoms with van der Waals surface area (Å²) in [5, 5.41) is 2.78. The highest BCUT2D eigenvalue weighted by atomic mass is 15.1. The Morgan fingerprint density at radius 2 is 1.13 bits per heavy atom. The molecule has 3 aliphatic rings. The SMILES string of the molecule is C1=Cc2cccc(N(c3ccc(-c4ccccc4)cc3)c3ccc(C4(c5ccccc5)C5=c6c(cccc6=CCC5)-c5ccccc54)cc3)c2CC1. The Hall–Kier alpha value is -6.18. The molecule has 0 saturated carbocycles. The summed E-state index contributed by atoms with van der Waals surface area (Å²) < 4.78 is 0. The third kappa shape index (κ3) is 4.77. The molecule has 0 spiro atoms. The number of nitrogens with zero attached hydrogens (tertiary/aromatic N) is 1. The minimum absolute atomic E-state index is 0.410. The fourth-order valence-corrected chi connectivity index (χ4v) is 9.28. The average Bonchev–Trinajstić information content (AvgIpc) is 3.23. The molecular formula is C51H39N. The second-order valence-electron chi connectivity index (χ2n) is 14.2. The first kappa shape index (κ1) is 30.6. The molecule has 0 radical (unpaired) electrons. The number of fused-ring (bicyclic) bond motifs is 3. The van der Waals surface area contributed by atoms with E-state index in [1.54, 1.807) is 0 Å². The highest BCUT2D eigenvalue weighted by Gasteiger charge is 2.44. The van der Waals surface area contributed by atoms with Gasteiger partial charge in [0, 0.05) is 17.1 Å². The van der Waals surface area contributed by atoms with Gasteiger partial charge in [-0.05, 0) is 122 Å². The maximum atomic E-state index is 2.47. The van der Waals surface area contributed by atoms with Crippen molar-refractivity contribution in [2.24, 2.45) is 0 Å². The lowest BCUT2D eigenvalue weighted by Crippen LogP contribution is -2.44. The van der Waals surface area contributed by atoms with Gasteiger partial charge in [0.1, 0.15) is 0 Å². The first-order valence-electron chi connectivity index (χ1n) is 18.6. The number of benzene rings is 7. The molecule has 0 aromatic heterocycles. The molecule has 10 rings (SSSR count). The molecule has 0 fully saturated rings. The minimum atomic E-state index is -0.410. The monoisotopic (exact) mass is 665 g/mol. The van der Waals surface area contributed by atoms with Gasteiger partial charge in [0.2, 0.25) is 0 Å². The Bertz CT molecular complexity index is 2600. The molecule has 0 saturated heterocycles. The molecule has 0 amide bonds. The molecule has 1 heteroatoms. The van der Waals surface area contributed by atoms with Gasteiger partial charge in [0.25, 0.3) is 0 Å². The Kier molecular flexibility index (Phi) is 7.39. The highest BCUT2D eigenvalue weighted by Crippen LogP contribution is 2.53. The summed E-state index contributed by atoms with van der Waals surface area (Å²) in [6.45, 7) is 0. The fourth-order valence-electron chi connectivity index (χ4n) is 9.28. The van der Waals surface area contributed by atoms with Crippen LogP contribution in [0.5, 0.6) is 0 Å². The van der Waals surface area contributed by atoms with Gasteiger partial charge >= 0.3 is 0 Å². The standard InChI is InChI=1S/C51H39N/c1-3-14-36(15-4-1)37-28-32-42(33-29-37)52(49-27-13-17-38-16-7-8-22-44(38)49)43-34-30-41(31-35-43)51(40-20-5-2-6-21-40)47-25-10-9-23-45(47)46-24-11-18-39-19-12-26-48(51)50(39)46/h1-7,9-11,13-21,23-25,27-35H,8,12,22,26H2. The third-order valence-corrected chi connectivity index (χ3v) is 11.5. The first-order valence-corrected chi connectivity index (χ1v) is 18.6.